The predicted octanol–water partition coefficient (Wildman–Crippen LogP) is 4.30. The molecule has 128 valence electrons. The van der Waals surface area contributed by atoms with Gasteiger partial charge in [-0.1, -0.05) is 48.5 Å². The lowest BCUT2D eigenvalue weighted by Gasteiger charge is -2.34. The zero-order chi connectivity index (χ0) is 17.2. The zero-order valence-electron chi connectivity index (χ0n) is 15.8. The summed E-state index contributed by atoms with van der Waals surface area (Å²) in [5.74, 6) is 0. The van der Waals surface area contributed by atoms with E-state index in [1.165, 1.54) is 48.2 Å². The molecule has 2 heteroatoms. The van der Waals surface area contributed by atoms with Gasteiger partial charge in [-0.25, -0.2) is 0 Å². The Balaban J connectivity index is 2.12. The third-order valence-corrected chi connectivity index (χ3v) is 5.30. The summed E-state index contributed by atoms with van der Waals surface area (Å²) < 4.78 is 2.12. The maximum absolute atomic E-state index is 2.37. The van der Waals surface area contributed by atoms with E-state index in [0.717, 1.165) is 22.1 Å². The van der Waals surface area contributed by atoms with Crippen LogP contribution < -0.4 is 0 Å². The van der Waals surface area contributed by atoms with Gasteiger partial charge in [-0.3, -0.25) is 0 Å². The van der Waals surface area contributed by atoms with E-state index in [-0.39, 0.29) is 0 Å². The molecular weight excluding hydrogens is 292 g/mol. The van der Waals surface area contributed by atoms with E-state index in [0.29, 0.717) is 0 Å². The van der Waals surface area contributed by atoms with E-state index in [1.54, 1.807) is 0 Å². The standard InChI is InChI=1S/C22H32N2/c1-23(2)15-9-10-16-24(3,4)18-20-12-6-8-14-22(20)21-13-7-5-11-19(21)17-23/h5-8,11-14H,9-10,15-18H2,1-4H3/q+2. The molecule has 0 amide bonds. The average molecular weight is 325 g/mol. The first-order valence-corrected chi connectivity index (χ1v) is 9.17. The van der Waals surface area contributed by atoms with Gasteiger partial charge in [0.1, 0.15) is 13.1 Å². The molecule has 0 spiro atoms. The molecule has 24 heavy (non-hydrogen) atoms. The fourth-order valence-corrected chi connectivity index (χ4v) is 4.00. The average Bonchev–Trinajstić information content (AvgIpc) is 2.51. The van der Waals surface area contributed by atoms with Gasteiger partial charge in [0.15, 0.2) is 0 Å². The molecule has 1 aliphatic heterocycles. The summed E-state index contributed by atoms with van der Waals surface area (Å²) in [4.78, 5) is 0. The quantitative estimate of drug-likeness (QED) is 0.634. The van der Waals surface area contributed by atoms with Crippen LogP contribution in [0.2, 0.25) is 0 Å². The lowest BCUT2D eigenvalue weighted by Crippen LogP contribution is -2.42. The van der Waals surface area contributed by atoms with Crippen molar-refractivity contribution in [2.24, 2.45) is 0 Å². The summed E-state index contributed by atoms with van der Waals surface area (Å²) in [6.45, 7) is 4.69. The smallest absolute Gasteiger partial charge is 0.105 e. The van der Waals surface area contributed by atoms with E-state index >= 15 is 0 Å². The van der Waals surface area contributed by atoms with Gasteiger partial charge in [0.25, 0.3) is 0 Å². The van der Waals surface area contributed by atoms with Crippen LogP contribution in [0.1, 0.15) is 24.0 Å². The van der Waals surface area contributed by atoms with Crippen molar-refractivity contribution in [3.63, 3.8) is 0 Å². The van der Waals surface area contributed by atoms with Crippen LogP contribution in [0.5, 0.6) is 0 Å². The van der Waals surface area contributed by atoms with Crippen LogP contribution in [0.15, 0.2) is 48.5 Å². The molecule has 0 saturated carbocycles. The van der Waals surface area contributed by atoms with Crippen LogP contribution in [0, 0.1) is 0 Å². The maximum Gasteiger partial charge on any atom is 0.105 e. The van der Waals surface area contributed by atoms with Gasteiger partial charge in [0.2, 0.25) is 0 Å². The SMILES string of the molecule is C[N+]1(C)CCCC[N+](C)(C)Cc2ccccc2-c2ccccc2C1. The molecule has 3 rings (SSSR count). The first kappa shape index (κ1) is 17.2. The minimum Gasteiger partial charge on any atom is -0.325 e. The zero-order valence-corrected chi connectivity index (χ0v) is 15.8. The molecule has 1 aliphatic rings. The molecule has 2 nitrogen and oxygen atoms in total. The minimum atomic E-state index is 1.06. The molecule has 0 aromatic heterocycles. The molecule has 0 saturated heterocycles. The highest BCUT2D eigenvalue weighted by molar-refractivity contribution is 5.70. The first-order chi connectivity index (χ1) is 11.4. The van der Waals surface area contributed by atoms with Crippen molar-refractivity contribution >= 4 is 0 Å². The molecule has 0 bridgehead atoms. The molecule has 2 aromatic carbocycles. The molecule has 0 N–H and O–H groups in total. The Kier molecular flexibility index (Phi) is 4.80. The number of fused-ring (bicyclic) bond motifs is 3. The summed E-state index contributed by atoms with van der Waals surface area (Å²) in [7, 11) is 9.48. The van der Waals surface area contributed by atoms with Crippen LogP contribution >= 0.6 is 0 Å². The highest BCUT2D eigenvalue weighted by Crippen LogP contribution is 2.31. The second-order valence-electron chi connectivity index (χ2n) is 8.66. The number of quaternary nitrogens is 2. The van der Waals surface area contributed by atoms with Gasteiger partial charge in [0.05, 0.1) is 41.3 Å². The Morgan fingerprint density at radius 1 is 0.583 bits per heavy atom. The number of nitrogens with zero attached hydrogens (tertiary/aromatic N) is 2. The van der Waals surface area contributed by atoms with E-state index in [9.17, 15) is 0 Å². The fraction of sp³-hybridized carbons (Fsp3) is 0.455. The van der Waals surface area contributed by atoms with Crippen molar-refractivity contribution in [1.82, 2.24) is 0 Å². The molecule has 0 unspecified atom stereocenters. The van der Waals surface area contributed by atoms with Crippen molar-refractivity contribution in [3.05, 3.63) is 59.7 Å². The first-order valence-electron chi connectivity index (χ1n) is 9.17. The van der Waals surface area contributed by atoms with Gasteiger partial charge in [-0.2, -0.15) is 0 Å². The molecule has 0 atom stereocenters. The van der Waals surface area contributed by atoms with Crippen molar-refractivity contribution in [2.45, 2.75) is 25.9 Å². The van der Waals surface area contributed by atoms with Gasteiger partial charge in [-0.05, 0) is 11.1 Å². The molecule has 2 aromatic rings. The number of rotatable bonds is 0. The number of benzene rings is 2. The summed E-state index contributed by atoms with van der Waals surface area (Å²) in [6, 6.07) is 18.0. The lowest BCUT2D eigenvalue weighted by molar-refractivity contribution is -0.910. The summed E-state index contributed by atoms with van der Waals surface area (Å²) in [5.41, 5.74) is 5.78. The van der Waals surface area contributed by atoms with E-state index < -0.39 is 0 Å². The van der Waals surface area contributed by atoms with E-state index in [2.05, 4.69) is 76.7 Å². The monoisotopic (exact) mass is 324 g/mol. The Morgan fingerprint density at radius 2 is 0.958 bits per heavy atom. The highest BCUT2D eigenvalue weighted by atomic mass is 15.3. The summed E-state index contributed by atoms with van der Waals surface area (Å²) in [5, 5.41) is 0. The van der Waals surface area contributed by atoms with Gasteiger partial charge < -0.3 is 8.97 Å². The molecule has 0 aliphatic carbocycles. The van der Waals surface area contributed by atoms with Crippen LogP contribution in [-0.4, -0.2) is 50.2 Å². The number of hydrogen-bond donors (Lipinski definition) is 0. The van der Waals surface area contributed by atoms with Crippen LogP contribution in [-0.2, 0) is 13.1 Å². The van der Waals surface area contributed by atoms with E-state index in [4.69, 9.17) is 0 Å². The normalized spacial score (nSPS) is 20.2. The van der Waals surface area contributed by atoms with Crippen molar-refractivity contribution < 1.29 is 8.97 Å². The molecular formula is C22H32N2+2. The van der Waals surface area contributed by atoms with Crippen molar-refractivity contribution in [2.75, 3.05) is 41.3 Å². The highest BCUT2D eigenvalue weighted by Gasteiger charge is 2.23. The third kappa shape index (κ3) is 4.06. The van der Waals surface area contributed by atoms with Crippen molar-refractivity contribution in [3.8, 4) is 11.1 Å². The third-order valence-electron chi connectivity index (χ3n) is 5.30. The van der Waals surface area contributed by atoms with Gasteiger partial charge in [-0.15, -0.1) is 0 Å². The molecule has 0 radical (unpaired) electrons. The van der Waals surface area contributed by atoms with E-state index in [1.807, 2.05) is 0 Å². The van der Waals surface area contributed by atoms with Crippen molar-refractivity contribution in [1.29, 1.82) is 0 Å². The van der Waals surface area contributed by atoms with Crippen LogP contribution in [0.4, 0.5) is 0 Å². The topological polar surface area (TPSA) is 0 Å². The second kappa shape index (κ2) is 6.70. The predicted molar refractivity (Wildman–Crippen MR) is 102 cm³/mol. The maximum atomic E-state index is 2.37. The summed E-state index contributed by atoms with van der Waals surface area (Å²) in [6.07, 6.45) is 2.61. The van der Waals surface area contributed by atoms with Crippen LogP contribution in [0.3, 0.4) is 0 Å². The Hall–Kier alpha value is -1.64. The lowest BCUT2D eigenvalue weighted by atomic mass is 9.94. The van der Waals surface area contributed by atoms with Crippen LogP contribution in [0.25, 0.3) is 11.1 Å². The molecule has 1 heterocycles. The number of hydrogen-bond acceptors (Lipinski definition) is 0. The minimum absolute atomic E-state index is 1.06. The molecule has 0 fully saturated rings. The Morgan fingerprint density at radius 3 is 1.38 bits per heavy atom. The van der Waals surface area contributed by atoms with Gasteiger partial charge >= 0.3 is 0 Å². The Bertz CT molecular complexity index is 639. The fourth-order valence-electron chi connectivity index (χ4n) is 4.00. The second-order valence-corrected chi connectivity index (χ2v) is 8.66. The summed E-state index contributed by atoms with van der Waals surface area (Å²) >= 11 is 0. The Labute approximate surface area is 147 Å². The largest absolute Gasteiger partial charge is 0.325 e. The van der Waals surface area contributed by atoms with Gasteiger partial charge in [0, 0.05) is 24.0 Å².